The van der Waals surface area contributed by atoms with Crippen LogP contribution in [0.3, 0.4) is 0 Å². The number of hydrogen-bond acceptors (Lipinski definition) is 3. The highest BCUT2D eigenvalue weighted by Crippen LogP contribution is 2.35. The fourth-order valence-electron chi connectivity index (χ4n) is 4.31. The first-order chi connectivity index (χ1) is 12.6. The van der Waals surface area contributed by atoms with Crippen molar-refractivity contribution in [3.8, 4) is 5.75 Å². The van der Waals surface area contributed by atoms with Gasteiger partial charge in [-0.1, -0.05) is 19.3 Å². The number of rotatable bonds is 4. The van der Waals surface area contributed by atoms with Crippen molar-refractivity contribution >= 4 is 23.3 Å². The SMILES string of the molecule is COc1cc(NC(=O)N2CCCC2C2CCCCC2)ccc1NC(C)=O. The number of anilines is 2. The Labute approximate surface area is 155 Å². The molecule has 6 nitrogen and oxygen atoms in total. The van der Waals surface area contributed by atoms with Gasteiger partial charge >= 0.3 is 6.03 Å². The zero-order valence-electron chi connectivity index (χ0n) is 15.7. The van der Waals surface area contributed by atoms with Gasteiger partial charge in [-0.3, -0.25) is 4.79 Å². The minimum absolute atomic E-state index is 0.0348. The van der Waals surface area contributed by atoms with E-state index in [2.05, 4.69) is 10.6 Å². The number of likely N-dealkylation sites (tertiary alicyclic amines) is 1. The molecule has 26 heavy (non-hydrogen) atoms. The average Bonchev–Trinajstić information content (AvgIpc) is 3.13. The summed E-state index contributed by atoms with van der Waals surface area (Å²) in [7, 11) is 1.55. The number of amides is 3. The third-order valence-electron chi connectivity index (χ3n) is 5.52. The fourth-order valence-corrected chi connectivity index (χ4v) is 4.31. The molecule has 0 aromatic heterocycles. The first-order valence-corrected chi connectivity index (χ1v) is 9.61. The maximum Gasteiger partial charge on any atom is 0.322 e. The molecule has 1 aliphatic heterocycles. The quantitative estimate of drug-likeness (QED) is 0.845. The Morgan fingerprint density at radius 2 is 1.85 bits per heavy atom. The molecule has 0 bridgehead atoms. The second-order valence-electron chi connectivity index (χ2n) is 7.33. The van der Waals surface area contributed by atoms with E-state index in [9.17, 15) is 9.59 Å². The van der Waals surface area contributed by atoms with Gasteiger partial charge < -0.3 is 20.3 Å². The second kappa shape index (κ2) is 8.43. The molecular formula is C20H29N3O3. The fraction of sp³-hybridized carbons (Fsp3) is 0.600. The Kier molecular flexibility index (Phi) is 6.01. The van der Waals surface area contributed by atoms with Crippen LogP contribution in [-0.4, -0.2) is 36.5 Å². The summed E-state index contributed by atoms with van der Waals surface area (Å²) in [5.74, 6) is 1.02. The number of urea groups is 1. The van der Waals surface area contributed by atoms with E-state index in [1.54, 1.807) is 25.3 Å². The Bertz CT molecular complexity index is 656. The lowest BCUT2D eigenvalue weighted by atomic mass is 9.83. The van der Waals surface area contributed by atoms with Gasteiger partial charge in [0.05, 0.1) is 12.8 Å². The number of hydrogen-bond donors (Lipinski definition) is 2. The molecular weight excluding hydrogens is 330 g/mol. The van der Waals surface area contributed by atoms with Crippen LogP contribution in [0.1, 0.15) is 51.9 Å². The standard InChI is InChI=1S/C20H29N3O3/c1-14(24)21-17-11-10-16(13-19(17)26-2)22-20(25)23-12-6-9-18(23)15-7-4-3-5-8-15/h10-11,13,15,18H,3-9,12H2,1-2H3,(H,21,24)(H,22,25). The molecule has 1 saturated heterocycles. The third kappa shape index (κ3) is 4.29. The van der Waals surface area contributed by atoms with Crippen LogP contribution < -0.4 is 15.4 Å². The van der Waals surface area contributed by atoms with Crippen molar-refractivity contribution in [3.05, 3.63) is 18.2 Å². The lowest BCUT2D eigenvalue weighted by Crippen LogP contribution is -2.43. The smallest absolute Gasteiger partial charge is 0.322 e. The minimum atomic E-state index is -0.160. The number of methoxy groups -OCH3 is 1. The topological polar surface area (TPSA) is 70.7 Å². The van der Waals surface area contributed by atoms with E-state index < -0.39 is 0 Å². The Hall–Kier alpha value is -2.24. The molecule has 1 unspecified atom stereocenters. The highest BCUT2D eigenvalue weighted by molar-refractivity contribution is 5.93. The van der Waals surface area contributed by atoms with Crippen molar-refractivity contribution in [2.45, 2.75) is 57.9 Å². The minimum Gasteiger partial charge on any atom is -0.494 e. The summed E-state index contributed by atoms with van der Waals surface area (Å²) in [5.41, 5.74) is 1.27. The molecule has 1 aromatic carbocycles. The van der Waals surface area contributed by atoms with E-state index in [1.165, 1.54) is 39.0 Å². The number of carbonyl (C=O) groups excluding carboxylic acids is 2. The van der Waals surface area contributed by atoms with Gasteiger partial charge in [-0.15, -0.1) is 0 Å². The van der Waals surface area contributed by atoms with Crippen LogP contribution in [0.25, 0.3) is 0 Å². The molecule has 6 heteroatoms. The summed E-state index contributed by atoms with van der Waals surface area (Å²) < 4.78 is 5.33. The number of nitrogens with zero attached hydrogens (tertiary/aromatic N) is 1. The van der Waals surface area contributed by atoms with Gasteiger partial charge in [-0.25, -0.2) is 4.79 Å². The lowest BCUT2D eigenvalue weighted by Gasteiger charge is -2.34. The predicted octanol–water partition coefficient (Wildman–Crippen LogP) is 4.23. The van der Waals surface area contributed by atoms with Gasteiger partial charge in [0.25, 0.3) is 0 Å². The first kappa shape index (κ1) is 18.5. The highest BCUT2D eigenvalue weighted by atomic mass is 16.5. The van der Waals surface area contributed by atoms with Crippen molar-refractivity contribution < 1.29 is 14.3 Å². The molecule has 1 atom stereocenters. The first-order valence-electron chi connectivity index (χ1n) is 9.61. The number of benzene rings is 1. The van der Waals surface area contributed by atoms with Crippen molar-refractivity contribution in [2.75, 3.05) is 24.3 Å². The molecule has 3 rings (SSSR count). The van der Waals surface area contributed by atoms with Crippen LogP contribution in [0.15, 0.2) is 18.2 Å². The van der Waals surface area contributed by atoms with Gasteiger partial charge in [0.1, 0.15) is 5.75 Å². The largest absolute Gasteiger partial charge is 0.494 e. The number of nitrogens with one attached hydrogen (secondary N) is 2. The summed E-state index contributed by atoms with van der Waals surface area (Å²) in [5, 5.41) is 5.73. The zero-order valence-corrected chi connectivity index (χ0v) is 15.7. The summed E-state index contributed by atoms with van der Waals surface area (Å²) in [6, 6.07) is 5.62. The zero-order chi connectivity index (χ0) is 18.5. The average molecular weight is 359 g/mol. The molecule has 1 saturated carbocycles. The molecule has 0 spiro atoms. The van der Waals surface area contributed by atoms with Gasteiger partial charge in [-0.2, -0.15) is 0 Å². The summed E-state index contributed by atoms with van der Waals surface area (Å²) in [6.45, 7) is 2.28. The summed E-state index contributed by atoms with van der Waals surface area (Å²) in [4.78, 5) is 26.1. The third-order valence-corrected chi connectivity index (χ3v) is 5.52. The second-order valence-corrected chi connectivity index (χ2v) is 7.33. The molecule has 2 aliphatic rings. The molecule has 0 radical (unpaired) electrons. The number of ether oxygens (including phenoxy) is 1. The molecule has 3 amide bonds. The predicted molar refractivity (Wildman–Crippen MR) is 103 cm³/mol. The van der Waals surface area contributed by atoms with Crippen molar-refractivity contribution in [1.29, 1.82) is 0 Å². The lowest BCUT2D eigenvalue weighted by molar-refractivity contribution is -0.114. The van der Waals surface area contributed by atoms with Crippen LogP contribution >= 0.6 is 0 Å². The Balaban J connectivity index is 1.67. The van der Waals surface area contributed by atoms with E-state index in [4.69, 9.17) is 4.74 Å². The molecule has 2 fully saturated rings. The maximum absolute atomic E-state index is 12.8. The highest BCUT2D eigenvalue weighted by Gasteiger charge is 2.35. The van der Waals surface area contributed by atoms with E-state index in [1.807, 2.05) is 4.90 Å². The van der Waals surface area contributed by atoms with E-state index in [0.717, 1.165) is 19.4 Å². The molecule has 1 aliphatic carbocycles. The normalized spacial score (nSPS) is 20.7. The van der Waals surface area contributed by atoms with Crippen molar-refractivity contribution in [1.82, 2.24) is 4.90 Å². The Morgan fingerprint density at radius 1 is 1.08 bits per heavy atom. The van der Waals surface area contributed by atoms with Crippen LogP contribution in [0.4, 0.5) is 16.2 Å². The van der Waals surface area contributed by atoms with Crippen LogP contribution in [0.5, 0.6) is 5.75 Å². The molecule has 1 aromatic rings. The van der Waals surface area contributed by atoms with Gasteiger partial charge in [0.15, 0.2) is 0 Å². The van der Waals surface area contributed by atoms with Crippen molar-refractivity contribution in [3.63, 3.8) is 0 Å². The molecule has 142 valence electrons. The van der Waals surface area contributed by atoms with Gasteiger partial charge in [0.2, 0.25) is 5.91 Å². The van der Waals surface area contributed by atoms with E-state index in [-0.39, 0.29) is 11.9 Å². The summed E-state index contributed by atoms with van der Waals surface area (Å²) >= 11 is 0. The van der Waals surface area contributed by atoms with Crippen LogP contribution in [0, 0.1) is 5.92 Å². The molecule has 1 heterocycles. The van der Waals surface area contributed by atoms with Gasteiger partial charge in [-0.05, 0) is 43.7 Å². The van der Waals surface area contributed by atoms with Crippen molar-refractivity contribution in [2.24, 2.45) is 5.92 Å². The monoisotopic (exact) mass is 359 g/mol. The molecule has 2 N–H and O–H groups in total. The maximum atomic E-state index is 12.8. The van der Waals surface area contributed by atoms with Gasteiger partial charge in [0, 0.05) is 31.3 Å². The van der Waals surface area contributed by atoms with Crippen LogP contribution in [-0.2, 0) is 4.79 Å². The number of carbonyl (C=O) groups is 2. The van der Waals surface area contributed by atoms with Crippen LogP contribution in [0.2, 0.25) is 0 Å². The summed E-state index contributed by atoms with van der Waals surface area (Å²) in [6.07, 6.45) is 8.59. The van der Waals surface area contributed by atoms with E-state index in [0.29, 0.717) is 29.1 Å². The Morgan fingerprint density at radius 3 is 2.54 bits per heavy atom. The van der Waals surface area contributed by atoms with E-state index >= 15 is 0 Å².